The predicted octanol–water partition coefficient (Wildman–Crippen LogP) is 2.11. The van der Waals surface area contributed by atoms with E-state index in [-0.39, 0.29) is 12.1 Å². The molecular weight excluding hydrogens is 317 g/mol. The van der Waals surface area contributed by atoms with E-state index in [2.05, 4.69) is 21.2 Å². The molecule has 1 rings (SSSR count). The summed E-state index contributed by atoms with van der Waals surface area (Å²) in [5.41, 5.74) is -1.16. The maximum absolute atomic E-state index is 13.6. The summed E-state index contributed by atoms with van der Waals surface area (Å²) in [5.74, 6) is -1.17. The van der Waals surface area contributed by atoms with Crippen molar-refractivity contribution < 1.29 is 19.0 Å². The van der Waals surface area contributed by atoms with Gasteiger partial charge in [-0.2, -0.15) is 0 Å². The summed E-state index contributed by atoms with van der Waals surface area (Å²) < 4.78 is 18.8. The molecule has 6 heteroatoms. The summed E-state index contributed by atoms with van der Waals surface area (Å²) in [6.07, 6.45) is 0.377. The van der Waals surface area contributed by atoms with Crippen molar-refractivity contribution in [2.24, 2.45) is 0 Å². The fourth-order valence-corrected chi connectivity index (χ4v) is 2.01. The Kier molecular flexibility index (Phi) is 5.90. The Labute approximate surface area is 120 Å². The minimum atomic E-state index is -1.09. The average Bonchev–Trinajstić information content (AvgIpc) is 2.34. The molecule has 2 N–H and O–H groups in total. The summed E-state index contributed by atoms with van der Waals surface area (Å²) in [6, 6.07) is 4.30. The predicted molar refractivity (Wildman–Crippen MR) is 73.6 cm³/mol. The van der Waals surface area contributed by atoms with E-state index in [1.54, 1.807) is 13.0 Å². The second kappa shape index (κ2) is 6.98. The molecule has 0 fully saturated rings. The Balaban J connectivity index is 2.66. The molecule has 1 unspecified atom stereocenters. The third-order valence-electron chi connectivity index (χ3n) is 2.66. The minimum absolute atomic E-state index is 0.0238. The third kappa shape index (κ3) is 4.89. The number of rotatable bonds is 6. The zero-order chi connectivity index (χ0) is 14.5. The van der Waals surface area contributed by atoms with Crippen molar-refractivity contribution in [1.29, 1.82) is 0 Å². The van der Waals surface area contributed by atoms with Crippen molar-refractivity contribution in [3.8, 4) is 0 Å². The number of carbonyl (C=O) groups excluding carboxylic acids is 1. The summed E-state index contributed by atoms with van der Waals surface area (Å²) in [6.45, 7) is 1.99. The fourth-order valence-electron chi connectivity index (χ4n) is 1.48. The van der Waals surface area contributed by atoms with Gasteiger partial charge in [0.1, 0.15) is 5.82 Å². The Morgan fingerprint density at radius 2 is 2.26 bits per heavy atom. The van der Waals surface area contributed by atoms with Gasteiger partial charge in [0.25, 0.3) is 5.91 Å². The van der Waals surface area contributed by atoms with Crippen LogP contribution in [0.5, 0.6) is 0 Å². The van der Waals surface area contributed by atoms with Crippen LogP contribution in [0.2, 0.25) is 0 Å². The molecule has 0 bridgehead atoms. The molecule has 0 heterocycles. The summed E-state index contributed by atoms with van der Waals surface area (Å²) in [4.78, 5) is 11.9. The third-order valence-corrected chi connectivity index (χ3v) is 3.33. The molecule has 0 aromatic heterocycles. The van der Waals surface area contributed by atoms with Gasteiger partial charge in [-0.15, -0.1) is 0 Å². The smallest absolute Gasteiger partial charge is 0.255 e. The number of nitrogens with one attached hydrogen (secondary N) is 1. The molecule has 0 aliphatic carbocycles. The maximum atomic E-state index is 13.6. The van der Waals surface area contributed by atoms with E-state index in [9.17, 15) is 14.3 Å². The highest BCUT2D eigenvalue weighted by molar-refractivity contribution is 9.10. The van der Waals surface area contributed by atoms with E-state index in [4.69, 9.17) is 4.74 Å². The second-order valence-corrected chi connectivity index (χ2v) is 5.37. The van der Waals surface area contributed by atoms with Gasteiger partial charge < -0.3 is 15.2 Å². The number of benzene rings is 1. The first-order valence-electron chi connectivity index (χ1n) is 5.81. The van der Waals surface area contributed by atoms with Gasteiger partial charge in [0.2, 0.25) is 0 Å². The van der Waals surface area contributed by atoms with E-state index < -0.39 is 17.3 Å². The fraction of sp³-hybridized carbons (Fsp3) is 0.462. The monoisotopic (exact) mass is 333 g/mol. The molecule has 0 aliphatic heterocycles. The molecule has 106 valence electrons. The van der Waals surface area contributed by atoms with Crippen LogP contribution in [-0.4, -0.2) is 36.9 Å². The van der Waals surface area contributed by atoms with Crippen LogP contribution in [0.3, 0.4) is 0 Å². The highest BCUT2D eigenvalue weighted by Gasteiger charge is 2.23. The van der Waals surface area contributed by atoms with Crippen LogP contribution in [0.1, 0.15) is 23.7 Å². The Morgan fingerprint density at radius 3 is 2.84 bits per heavy atom. The lowest BCUT2D eigenvalue weighted by Crippen LogP contribution is -2.41. The van der Waals surface area contributed by atoms with Gasteiger partial charge in [0, 0.05) is 31.2 Å². The van der Waals surface area contributed by atoms with Crippen molar-refractivity contribution in [1.82, 2.24) is 5.32 Å². The number of methoxy groups -OCH3 is 1. The lowest BCUT2D eigenvalue weighted by atomic mass is 10.0. The zero-order valence-corrected chi connectivity index (χ0v) is 12.5. The van der Waals surface area contributed by atoms with Gasteiger partial charge in [0.15, 0.2) is 0 Å². The molecule has 19 heavy (non-hydrogen) atoms. The number of ether oxygens (including phenoxy) is 1. The topological polar surface area (TPSA) is 58.6 Å². The molecule has 1 aromatic rings. The minimum Gasteiger partial charge on any atom is -0.388 e. The van der Waals surface area contributed by atoms with Crippen molar-refractivity contribution in [2.45, 2.75) is 18.9 Å². The highest BCUT2D eigenvalue weighted by atomic mass is 79.9. The molecule has 0 radical (unpaired) electrons. The zero-order valence-electron chi connectivity index (χ0n) is 10.9. The average molecular weight is 334 g/mol. The van der Waals surface area contributed by atoms with Gasteiger partial charge in [0.05, 0.1) is 11.2 Å². The van der Waals surface area contributed by atoms with Gasteiger partial charge in [-0.3, -0.25) is 4.79 Å². The molecular formula is C13H17BrFNO3. The van der Waals surface area contributed by atoms with E-state index in [1.807, 2.05) is 0 Å². The number of carbonyl (C=O) groups is 1. The van der Waals surface area contributed by atoms with E-state index in [0.717, 1.165) is 0 Å². The first-order chi connectivity index (χ1) is 8.87. The lowest BCUT2D eigenvalue weighted by Gasteiger charge is -2.23. The molecule has 0 spiro atoms. The lowest BCUT2D eigenvalue weighted by molar-refractivity contribution is 0.0243. The van der Waals surface area contributed by atoms with Crippen LogP contribution in [0.25, 0.3) is 0 Å². The Morgan fingerprint density at radius 1 is 1.58 bits per heavy atom. The van der Waals surface area contributed by atoms with Gasteiger partial charge >= 0.3 is 0 Å². The number of aliphatic hydroxyl groups is 1. The van der Waals surface area contributed by atoms with Crippen LogP contribution in [0.15, 0.2) is 22.7 Å². The van der Waals surface area contributed by atoms with Gasteiger partial charge in [-0.1, -0.05) is 6.07 Å². The number of halogens is 2. The Hall–Kier alpha value is -0.980. The summed E-state index contributed by atoms with van der Waals surface area (Å²) in [5, 5.41) is 12.5. The largest absolute Gasteiger partial charge is 0.388 e. The highest BCUT2D eigenvalue weighted by Crippen LogP contribution is 2.19. The number of hydrogen-bond acceptors (Lipinski definition) is 3. The van der Waals surface area contributed by atoms with Crippen LogP contribution in [-0.2, 0) is 4.74 Å². The van der Waals surface area contributed by atoms with E-state index in [0.29, 0.717) is 17.5 Å². The molecule has 1 amide bonds. The van der Waals surface area contributed by atoms with Crippen LogP contribution < -0.4 is 5.32 Å². The number of hydrogen-bond donors (Lipinski definition) is 2. The summed E-state index contributed by atoms with van der Waals surface area (Å²) in [7, 11) is 1.53. The number of amides is 1. The van der Waals surface area contributed by atoms with Crippen molar-refractivity contribution in [3.63, 3.8) is 0 Å². The summed E-state index contributed by atoms with van der Waals surface area (Å²) >= 11 is 3.13. The second-order valence-electron chi connectivity index (χ2n) is 4.52. The molecule has 0 saturated heterocycles. The quantitative estimate of drug-likeness (QED) is 0.838. The van der Waals surface area contributed by atoms with E-state index >= 15 is 0 Å². The standard InChI is InChI=1S/C13H17BrFNO3/c1-13(18,6-7-19-2)8-16-12(17)11-9(14)4-3-5-10(11)15/h3-5,18H,6-8H2,1-2H3,(H,16,17). The maximum Gasteiger partial charge on any atom is 0.255 e. The van der Waals surface area contributed by atoms with Gasteiger partial charge in [-0.05, 0) is 35.0 Å². The van der Waals surface area contributed by atoms with Gasteiger partial charge in [-0.25, -0.2) is 4.39 Å². The van der Waals surface area contributed by atoms with E-state index in [1.165, 1.54) is 19.2 Å². The molecule has 1 atom stereocenters. The SMILES string of the molecule is COCCC(C)(O)CNC(=O)c1c(F)cccc1Br. The molecule has 1 aromatic carbocycles. The normalized spacial score (nSPS) is 13.9. The van der Waals surface area contributed by atoms with Crippen LogP contribution >= 0.6 is 15.9 Å². The molecule has 0 saturated carbocycles. The van der Waals surface area contributed by atoms with Crippen LogP contribution in [0, 0.1) is 5.82 Å². The van der Waals surface area contributed by atoms with Crippen molar-refractivity contribution >= 4 is 21.8 Å². The Bertz CT molecular complexity index is 431. The van der Waals surface area contributed by atoms with Crippen LogP contribution in [0.4, 0.5) is 4.39 Å². The van der Waals surface area contributed by atoms with Crippen molar-refractivity contribution in [3.05, 3.63) is 34.1 Å². The molecule has 4 nitrogen and oxygen atoms in total. The molecule has 0 aliphatic rings. The first-order valence-corrected chi connectivity index (χ1v) is 6.60. The first kappa shape index (κ1) is 16.1. The van der Waals surface area contributed by atoms with Crippen molar-refractivity contribution in [2.75, 3.05) is 20.3 Å².